The van der Waals surface area contributed by atoms with Crippen molar-refractivity contribution < 1.29 is 9.31 Å². The topological polar surface area (TPSA) is 43.1 Å². The molecule has 0 bridgehead atoms. The Kier molecular flexibility index (Phi) is 4.73. The van der Waals surface area contributed by atoms with E-state index < -0.39 is 10.7 Å². The first-order valence-corrected chi connectivity index (χ1v) is 6.05. The fourth-order valence-electron chi connectivity index (χ4n) is 1.15. The predicted octanol–water partition coefficient (Wildman–Crippen LogP) is 3.87. The van der Waals surface area contributed by atoms with Crippen molar-refractivity contribution in [2.24, 2.45) is 5.92 Å². The van der Waals surface area contributed by atoms with Gasteiger partial charge in [-0.1, -0.05) is 13.8 Å². The number of thioether (sulfide) groups is 1. The summed E-state index contributed by atoms with van der Waals surface area (Å²) in [5.41, 5.74) is -0.188. The molecule has 0 saturated carbocycles. The summed E-state index contributed by atoms with van der Waals surface area (Å²) >= 11 is 1.45. The van der Waals surface area contributed by atoms with Crippen LogP contribution in [-0.2, 0) is 0 Å². The highest BCUT2D eigenvalue weighted by Gasteiger charge is 2.10. The Labute approximate surface area is 98.2 Å². The van der Waals surface area contributed by atoms with E-state index in [1.54, 1.807) is 0 Å². The van der Waals surface area contributed by atoms with Crippen molar-refractivity contribution in [3.8, 4) is 0 Å². The van der Waals surface area contributed by atoms with E-state index in [-0.39, 0.29) is 5.69 Å². The zero-order chi connectivity index (χ0) is 12.1. The van der Waals surface area contributed by atoms with Crippen molar-refractivity contribution in [1.29, 1.82) is 0 Å². The van der Waals surface area contributed by atoms with Gasteiger partial charge in [-0.15, -0.1) is 11.8 Å². The monoisotopic (exact) mass is 243 g/mol. The van der Waals surface area contributed by atoms with Crippen LogP contribution in [-0.4, -0.2) is 10.7 Å². The molecule has 0 radical (unpaired) electrons. The third kappa shape index (κ3) is 4.18. The minimum Gasteiger partial charge on any atom is -0.258 e. The number of rotatable bonds is 5. The van der Waals surface area contributed by atoms with Crippen molar-refractivity contribution in [2.45, 2.75) is 25.2 Å². The number of non-ortho nitro benzene ring substituents is 1. The third-order valence-electron chi connectivity index (χ3n) is 2.03. The molecule has 0 aliphatic carbocycles. The molecule has 0 heterocycles. The maximum absolute atomic E-state index is 13.1. The van der Waals surface area contributed by atoms with Gasteiger partial charge in [0, 0.05) is 11.0 Å². The van der Waals surface area contributed by atoms with Gasteiger partial charge in [-0.3, -0.25) is 10.1 Å². The maximum atomic E-state index is 13.1. The van der Waals surface area contributed by atoms with Gasteiger partial charge in [0.1, 0.15) is 5.82 Å². The molecule has 0 spiro atoms. The van der Waals surface area contributed by atoms with E-state index >= 15 is 0 Å². The Morgan fingerprint density at radius 1 is 1.44 bits per heavy atom. The zero-order valence-corrected chi connectivity index (χ0v) is 10.1. The van der Waals surface area contributed by atoms with E-state index in [9.17, 15) is 14.5 Å². The van der Waals surface area contributed by atoms with Gasteiger partial charge in [0.15, 0.2) is 0 Å². The molecule has 0 N–H and O–H groups in total. The second-order valence-electron chi connectivity index (χ2n) is 3.93. The van der Waals surface area contributed by atoms with E-state index in [1.165, 1.54) is 23.9 Å². The molecule has 0 aliphatic rings. The van der Waals surface area contributed by atoms with E-state index in [1.807, 2.05) is 0 Å². The molecule has 0 fully saturated rings. The summed E-state index contributed by atoms with van der Waals surface area (Å²) in [6, 6.07) is 3.68. The van der Waals surface area contributed by atoms with Gasteiger partial charge in [-0.25, -0.2) is 4.39 Å². The van der Waals surface area contributed by atoms with Crippen LogP contribution in [0.15, 0.2) is 23.1 Å². The summed E-state index contributed by atoms with van der Waals surface area (Å²) in [4.78, 5) is 10.6. The van der Waals surface area contributed by atoms with Gasteiger partial charge in [0.05, 0.1) is 11.0 Å². The number of nitro benzene ring substituents is 1. The second kappa shape index (κ2) is 5.84. The first-order chi connectivity index (χ1) is 7.49. The fourth-order valence-corrected chi connectivity index (χ4v) is 2.37. The Morgan fingerprint density at radius 3 is 2.69 bits per heavy atom. The number of hydrogen-bond acceptors (Lipinski definition) is 3. The van der Waals surface area contributed by atoms with Crippen molar-refractivity contribution in [2.75, 3.05) is 5.75 Å². The normalized spacial score (nSPS) is 10.8. The standard InChI is InChI=1S/C11H14FNO2S/c1-8(2)3-4-16-11-6-9(12)5-10(7-11)13(14)15/h5-8H,3-4H2,1-2H3. The highest BCUT2D eigenvalue weighted by Crippen LogP contribution is 2.25. The molecule has 1 aromatic rings. The molecular formula is C11H14FNO2S. The lowest BCUT2D eigenvalue weighted by molar-refractivity contribution is -0.385. The molecular weight excluding hydrogens is 229 g/mol. The molecule has 0 saturated heterocycles. The van der Waals surface area contributed by atoms with Crippen molar-refractivity contribution in [1.82, 2.24) is 0 Å². The molecule has 0 atom stereocenters. The summed E-state index contributed by atoms with van der Waals surface area (Å²) in [7, 11) is 0. The lowest BCUT2D eigenvalue weighted by atomic mass is 10.2. The van der Waals surface area contributed by atoms with Crippen LogP contribution in [0.4, 0.5) is 10.1 Å². The second-order valence-corrected chi connectivity index (χ2v) is 5.10. The van der Waals surface area contributed by atoms with Crippen LogP contribution in [0.25, 0.3) is 0 Å². The molecule has 0 aromatic heterocycles. The van der Waals surface area contributed by atoms with Crippen LogP contribution < -0.4 is 0 Å². The highest BCUT2D eigenvalue weighted by atomic mass is 32.2. The van der Waals surface area contributed by atoms with Crippen molar-refractivity contribution >= 4 is 17.4 Å². The fraction of sp³-hybridized carbons (Fsp3) is 0.455. The minimum atomic E-state index is -0.574. The van der Waals surface area contributed by atoms with Gasteiger partial charge < -0.3 is 0 Å². The molecule has 88 valence electrons. The lowest BCUT2D eigenvalue weighted by Crippen LogP contribution is -1.92. The molecule has 1 rings (SSSR count). The lowest BCUT2D eigenvalue weighted by Gasteiger charge is -2.04. The van der Waals surface area contributed by atoms with E-state index in [0.29, 0.717) is 10.8 Å². The van der Waals surface area contributed by atoms with Crippen LogP contribution in [0.1, 0.15) is 20.3 Å². The van der Waals surface area contributed by atoms with Crippen LogP contribution >= 0.6 is 11.8 Å². The van der Waals surface area contributed by atoms with Gasteiger partial charge in [0.25, 0.3) is 5.69 Å². The Bertz CT molecular complexity index is 382. The Hall–Kier alpha value is -1.10. The van der Waals surface area contributed by atoms with Crippen LogP contribution in [0.5, 0.6) is 0 Å². The average Bonchev–Trinajstić information content (AvgIpc) is 2.16. The Balaban J connectivity index is 2.69. The van der Waals surface area contributed by atoms with Crippen LogP contribution in [0.2, 0.25) is 0 Å². The molecule has 16 heavy (non-hydrogen) atoms. The zero-order valence-electron chi connectivity index (χ0n) is 9.27. The minimum absolute atomic E-state index is 0.188. The molecule has 0 aliphatic heterocycles. The quantitative estimate of drug-likeness (QED) is 0.448. The van der Waals surface area contributed by atoms with E-state index in [2.05, 4.69) is 13.8 Å². The maximum Gasteiger partial charge on any atom is 0.273 e. The number of hydrogen-bond donors (Lipinski definition) is 0. The van der Waals surface area contributed by atoms with E-state index in [4.69, 9.17) is 0 Å². The average molecular weight is 243 g/mol. The van der Waals surface area contributed by atoms with Crippen LogP contribution in [0.3, 0.4) is 0 Å². The summed E-state index contributed by atoms with van der Waals surface area (Å²) in [5, 5.41) is 10.5. The third-order valence-corrected chi connectivity index (χ3v) is 3.04. The summed E-state index contributed by atoms with van der Waals surface area (Å²) < 4.78 is 13.1. The largest absolute Gasteiger partial charge is 0.273 e. The van der Waals surface area contributed by atoms with Gasteiger partial charge in [-0.05, 0) is 24.2 Å². The first-order valence-electron chi connectivity index (χ1n) is 5.07. The first kappa shape index (κ1) is 13.0. The number of halogens is 1. The van der Waals surface area contributed by atoms with Crippen LogP contribution in [0, 0.1) is 21.8 Å². The summed E-state index contributed by atoms with van der Waals surface area (Å²) in [6.45, 7) is 4.21. The van der Waals surface area contributed by atoms with Gasteiger partial charge in [0.2, 0.25) is 0 Å². The molecule has 1 aromatic carbocycles. The van der Waals surface area contributed by atoms with Gasteiger partial charge in [-0.2, -0.15) is 0 Å². The molecule has 5 heteroatoms. The highest BCUT2D eigenvalue weighted by molar-refractivity contribution is 7.99. The predicted molar refractivity (Wildman–Crippen MR) is 63.2 cm³/mol. The molecule has 3 nitrogen and oxygen atoms in total. The molecule has 0 amide bonds. The SMILES string of the molecule is CC(C)CCSc1cc(F)cc([N+](=O)[O-])c1. The van der Waals surface area contributed by atoms with Crippen molar-refractivity contribution in [3.63, 3.8) is 0 Å². The molecule has 0 unspecified atom stereocenters. The van der Waals surface area contributed by atoms with Gasteiger partial charge >= 0.3 is 0 Å². The number of nitrogens with zero attached hydrogens (tertiary/aromatic N) is 1. The summed E-state index contributed by atoms with van der Waals surface area (Å²) in [6.07, 6.45) is 1.01. The van der Waals surface area contributed by atoms with Crippen molar-refractivity contribution in [3.05, 3.63) is 34.1 Å². The smallest absolute Gasteiger partial charge is 0.258 e. The number of benzene rings is 1. The summed E-state index contributed by atoms with van der Waals surface area (Å²) in [5.74, 6) is 0.871. The Morgan fingerprint density at radius 2 is 2.12 bits per heavy atom. The van der Waals surface area contributed by atoms with E-state index in [0.717, 1.165) is 18.2 Å². The number of nitro groups is 1.